The van der Waals surface area contributed by atoms with E-state index in [0.717, 1.165) is 41.8 Å². The van der Waals surface area contributed by atoms with E-state index in [4.69, 9.17) is 9.47 Å². The Balaban J connectivity index is 1.61. The molecule has 1 aliphatic heterocycles. The number of aryl methyl sites for hydroxylation is 1. The molecule has 2 aromatic heterocycles. The number of aromatic nitrogens is 3. The maximum atomic E-state index is 13.0. The van der Waals surface area contributed by atoms with Crippen molar-refractivity contribution in [2.45, 2.75) is 31.9 Å². The molecule has 1 aromatic carbocycles. The number of carbonyl (C=O) groups excluding carboxylic acids is 1. The summed E-state index contributed by atoms with van der Waals surface area (Å²) in [6.07, 6.45) is -1.94. The molecule has 37 heavy (non-hydrogen) atoms. The first kappa shape index (κ1) is 26.5. The maximum absolute atomic E-state index is 13.0. The number of anilines is 2. The average Bonchev–Trinajstić information content (AvgIpc) is 2.90. The van der Waals surface area contributed by atoms with E-state index in [1.807, 2.05) is 19.1 Å². The van der Waals surface area contributed by atoms with Crippen molar-refractivity contribution in [1.82, 2.24) is 15.2 Å². The quantitative estimate of drug-likeness (QED) is 0.404. The zero-order valence-corrected chi connectivity index (χ0v) is 20.6. The Kier molecular flexibility index (Phi) is 8.34. The molecule has 4 rings (SSSR count). The summed E-state index contributed by atoms with van der Waals surface area (Å²) in [6.45, 7) is 4.38. The van der Waals surface area contributed by atoms with Crippen molar-refractivity contribution in [1.29, 1.82) is 0 Å². The summed E-state index contributed by atoms with van der Waals surface area (Å²) in [6, 6.07) is 9.22. The molecule has 11 heteroatoms. The molecule has 0 radical (unpaired) electrons. The van der Waals surface area contributed by atoms with Crippen LogP contribution in [-0.2, 0) is 15.7 Å². The van der Waals surface area contributed by atoms with E-state index >= 15 is 0 Å². The van der Waals surface area contributed by atoms with Gasteiger partial charge in [-0.05, 0) is 61.6 Å². The van der Waals surface area contributed by atoms with Gasteiger partial charge in [0, 0.05) is 55.4 Å². The zero-order chi connectivity index (χ0) is 26.4. The number of carbonyl (C=O) groups is 1. The molecule has 0 unspecified atom stereocenters. The molecule has 1 amide bonds. The minimum absolute atomic E-state index is 0.141. The van der Waals surface area contributed by atoms with Crippen molar-refractivity contribution in [2.75, 3.05) is 44.1 Å². The summed E-state index contributed by atoms with van der Waals surface area (Å²) in [7, 11) is 1.63. The lowest BCUT2D eigenvalue weighted by Crippen LogP contribution is -2.18. The molecule has 1 aliphatic rings. The highest BCUT2D eigenvalue weighted by molar-refractivity contribution is 6.04. The Morgan fingerprint density at radius 2 is 1.92 bits per heavy atom. The SMILES string of the molecule is COCCNc1nnc(-c2cc(NC(=O)c3ccnc(C(F)(F)F)c3)ccc2C)cc1C1CCOCC1. The third-order valence-electron chi connectivity index (χ3n) is 6.17. The van der Waals surface area contributed by atoms with Crippen LogP contribution in [-0.4, -0.2) is 54.6 Å². The number of alkyl halides is 3. The first-order valence-electron chi connectivity index (χ1n) is 11.9. The van der Waals surface area contributed by atoms with E-state index in [0.29, 0.717) is 43.6 Å². The molecule has 0 bridgehead atoms. The van der Waals surface area contributed by atoms with E-state index < -0.39 is 17.8 Å². The molecule has 1 saturated heterocycles. The number of rotatable bonds is 8. The minimum Gasteiger partial charge on any atom is -0.383 e. The number of methoxy groups -OCH3 is 1. The molecule has 0 saturated carbocycles. The predicted molar refractivity (Wildman–Crippen MR) is 133 cm³/mol. The lowest BCUT2D eigenvalue weighted by atomic mass is 9.91. The average molecular weight is 516 g/mol. The van der Waals surface area contributed by atoms with Gasteiger partial charge in [0.1, 0.15) is 5.69 Å². The Morgan fingerprint density at radius 1 is 1.14 bits per heavy atom. The van der Waals surface area contributed by atoms with E-state index in [1.54, 1.807) is 19.2 Å². The highest BCUT2D eigenvalue weighted by Crippen LogP contribution is 2.35. The van der Waals surface area contributed by atoms with Crippen molar-refractivity contribution in [2.24, 2.45) is 0 Å². The predicted octanol–water partition coefficient (Wildman–Crippen LogP) is 5.07. The molecule has 3 heterocycles. The van der Waals surface area contributed by atoms with Gasteiger partial charge in [0.25, 0.3) is 5.91 Å². The van der Waals surface area contributed by atoms with Gasteiger partial charge in [-0.2, -0.15) is 13.2 Å². The lowest BCUT2D eigenvalue weighted by Gasteiger charge is -2.24. The van der Waals surface area contributed by atoms with Crippen LogP contribution < -0.4 is 10.6 Å². The highest BCUT2D eigenvalue weighted by atomic mass is 19.4. The molecule has 2 N–H and O–H groups in total. The first-order chi connectivity index (χ1) is 17.8. The molecule has 1 fully saturated rings. The fraction of sp³-hybridized carbons (Fsp3) is 0.385. The summed E-state index contributed by atoms with van der Waals surface area (Å²) in [4.78, 5) is 16.0. The molecular formula is C26H28F3N5O3. The fourth-order valence-electron chi connectivity index (χ4n) is 4.17. The molecule has 0 spiro atoms. The maximum Gasteiger partial charge on any atom is 0.433 e. The molecule has 196 valence electrons. The summed E-state index contributed by atoms with van der Waals surface area (Å²) in [5, 5.41) is 14.9. The van der Waals surface area contributed by atoms with Crippen LogP contribution in [0.25, 0.3) is 11.3 Å². The standard InChI is InChI=1S/C26H28F3N5O3/c1-16-3-4-19(32-25(35)18-5-8-30-23(13-18)26(27,28)29)14-20(16)22-15-21(17-6-10-37-11-7-17)24(34-33-22)31-9-12-36-2/h3-5,8,13-15,17H,6-7,9-12H2,1-2H3,(H,31,34)(H,32,35). The summed E-state index contributed by atoms with van der Waals surface area (Å²) >= 11 is 0. The van der Waals surface area contributed by atoms with Gasteiger partial charge in [0.05, 0.1) is 12.3 Å². The third-order valence-corrected chi connectivity index (χ3v) is 6.17. The van der Waals surface area contributed by atoms with Gasteiger partial charge in [-0.3, -0.25) is 9.78 Å². The highest BCUT2D eigenvalue weighted by Gasteiger charge is 2.33. The monoisotopic (exact) mass is 515 g/mol. The third kappa shape index (κ3) is 6.60. The van der Waals surface area contributed by atoms with Gasteiger partial charge in [-0.1, -0.05) is 6.07 Å². The van der Waals surface area contributed by atoms with Crippen LogP contribution in [0.3, 0.4) is 0 Å². The van der Waals surface area contributed by atoms with Gasteiger partial charge < -0.3 is 20.1 Å². The topological polar surface area (TPSA) is 98.3 Å². The molecule has 0 atom stereocenters. The largest absolute Gasteiger partial charge is 0.433 e. The van der Waals surface area contributed by atoms with Gasteiger partial charge in [-0.25, -0.2) is 0 Å². The summed E-state index contributed by atoms with van der Waals surface area (Å²) in [5.41, 5.74) is 2.50. The van der Waals surface area contributed by atoms with Crippen molar-refractivity contribution in [3.8, 4) is 11.3 Å². The van der Waals surface area contributed by atoms with E-state index in [-0.39, 0.29) is 11.5 Å². The van der Waals surface area contributed by atoms with Crippen LogP contribution in [0.1, 0.15) is 45.9 Å². The van der Waals surface area contributed by atoms with Gasteiger partial charge in [0.2, 0.25) is 0 Å². The van der Waals surface area contributed by atoms with Crippen LogP contribution in [0.4, 0.5) is 24.7 Å². The van der Waals surface area contributed by atoms with Gasteiger partial charge >= 0.3 is 6.18 Å². The first-order valence-corrected chi connectivity index (χ1v) is 11.9. The number of amides is 1. The summed E-state index contributed by atoms with van der Waals surface area (Å²) < 4.78 is 49.7. The molecule has 8 nitrogen and oxygen atoms in total. The second-order valence-electron chi connectivity index (χ2n) is 8.75. The number of hydrogen-bond acceptors (Lipinski definition) is 7. The van der Waals surface area contributed by atoms with Gasteiger partial charge in [-0.15, -0.1) is 10.2 Å². The normalized spacial score (nSPS) is 14.4. The van der Waals surface area contributed by atoms with E-state index in [1.165, 1.54) is 6.07 Å². The van der Waals surface area contributed by atoms with Crippen LogP contribution in [0.15, 0.2) is 42.6 Å². The van der Waals surface area contributed by atoms with Crippen molar-refractivity contribution >= 4 is 17.4 Å². The van der Waals surface area contributed by atoms with Gasteiger partial charge in [0.15, 0.2) is 5.82 Å². The van der Waals surface area contributed by atoms with Crippen LogP contribution >= 0.6 is 0 Å². The Labute approximate surface area is 212 Å². The summed E-state index contributed by atoms with van der Waals surface area (Å²) in [5.74, 6) is 0.285. The number of nitrogens with one attached hydrogen (secondary N) is 2. The number of nitrogens with zero attached hydrogens (tertiary/aromatic N) is 3. The Morgan fingerprint density at radius 3 is 2.65 bits per heavy atom. The smallest absolute Gasteiger partial charge is 0.383 e. The molecule has 0 aliphatic carbocycles. The Hall–Kier alpha value is -3.57. The minimum atomic E-state index is -4.64. The molecular weight excluding hydrogens is 487 g/mol. The number of hydrogen-bond donors (Lipinski definition) is 2. The number of ether oxygens (including phenoxy) is 2. The van der Waals surface area contributed by atoms with Crippen LogP contribution in [0.5, 0.6) is 0 Å². The van der Waals surface area contributed by atoms with Crippen molar-refractivity contribution < 1.29 is 27.4 Å². The second kappa shape index (κ2) is 11.7. The molecule has 3 aromatic rings. The van der Waals surface area contributed by atoms with E-state index in [2.05, 4.69) is 25.8 Å². The number of benzene rings is 1. The zero-order valence-electron chi connectivity index (χ0n) is 20.6. The van der Waals surface area contributed by atoms with Crippen molar-refractivity contribution in [3.05, 3.63) is 65.0 Å². The van der Waals surface area contributed by atoms with Crippen LogP contribution in [0, 0.1) is 6.92 Å². The number of halogens is 3. The van der Waals surface area contributed by atoms with Crippen molar-refractivity contribution in [3.63, 3.8) is 0 Å². The Bertz CT molecular complexity index is 1250. The lowest BCUT2D eigenvalue weighted by molar-refractivity contribution is -0.141. The van der Waals surface area contributed by atoms with Crippen LogP contribution in [0.2, 0.25) is 0 Å². The van der Waals surface area contributed by atoms with E-state index in [9.17, 15) is 18.0 Å². The fourth-order valence-corrected chi connectivity index (χ4v) is 4.17. The number of pyridine rings is 1. The second-order valence-corrected chi connectivity index (χ2v) is 8.75.